The van der Waals surface area contributed by atoms with Crippen LogP contribution in [-0.2, 0) is 0 Å². The van der Waals surface area contributed by atoms with E-state index in [2.05, 4.69) is 16.9 Å². The third kappa shape index (κ3) is 3.01. The lowest BCUT2D eigenvalue weighted by molar-refractivity contribution is -0.384. The van der Waals surface area contributed by atoms with Gasteiger partial charge in [-0.3, -0.25) is 10.1 Å². The maximum Gasteiger partial charge on any atom is 0.311 e. The number of rotatable bonds is 3. The van der Waals surface area contributed by atoms with Gasteiger partial charge in [0.25, 0.3) is 0 Å². The molecule has 0 unspecified atom stereocenters. The van der Waals surface area contributed by atoms with Crippen LogP contribution in [0.1, 0.15) is 18.4 Å². The average molecular weight is 264 g/mol. The van der Waals surface area contributed by atoms with Gasteiger partial charge in [0.2, 0.25) is 5.82 Å². The first-order valence-corrected chi connectivity index (χ1v) is 6.51. The van der Waals surface area contributed by atoms with Gasteiger partial charge in [-0.25, -0.2) is 4.98 Å². The zero-order valence-corrected chi connectivity index (χ0v) is 11.7. The number of likely N-dealkylation sites (tertiary alicyclic amines) is 1. The first kappa shape index (κ1) is 13.7. The lowest BCUT2D eigenvalue weighted by Gasteiger charge is -2.36. The third-order valence-corrected chi connectivity index (χ3v) is 3.66. The largest absolute Gasteiger partial charge is 0.350 e. The van der Waals surface area contributed by atoms with E-state index in [1.807, 2.05) is 18.9 Å². The molecule has 0 N–H and O–H groups in total. The monoisotopic (exact) mass is 264 g/mol. The highest BCUT2D eigenvalue weighted by molar-refractivity contribution is 5.58. The summed E-state index contributed by atoms with van der Waals surface area (Å²) < 4.78 is 0. The summed E-state index contributed by atoms with van der Waals surface area (Å²) in [7, 11) is 3.98. The molecule has 1 atom stereocenters. The van der Waals surface area contributed by atoms with Crippen LogP contribution in [0, 0.1) is 17.0 Å². The van der Waals surface area contributed by atoms with Crippen LogP contribution in [0.25, 0.3) is 0 Å². The van der Waals surface area contributed by atoms with Crippen LogP contribution in [0.5, 0.6) is 0 Å². The highest BCUT2D eigenvalue weighted by Gasteiger charge is 2.27. The molecule has 0 bridgehead atoms. The van der Waals surface area contributed by atoms with Gasteiger partial charge >= 0.3 is 5.69 Å². The van der Waals surface area contributed by atoms with Crippen molar-refractivity contribution in [2.45, 2.75) is 25.8 Å². The van der Waals surface area contributed by atoms with Crippen molar-refractivity contribution in [1.82, 2.24) is 9.88 Å². The molecule has 1 aromatic rings. The normalized spacial score (nSPS) is 20.3. The van der Waals surface area contributed by atoms with Crippen molar-refractivity contribution in [3.8, 4) is 0 Å². The lowest BCUT2D eigenvalue weighted by Crippen LogP contribution is -2.45. The molecule has 0 saturated carbocycles. The van der Waals surface area contributed by atoms with E-state index in [-0.39, 0.29) is 16.7 Å². The second kappa shape index (κ2) is 5.52. The van der Waals surface area contributed by atoms with Crippen molar-refractivity contribution in [2.75, 3.05) is 32.1 Å². The molecule has 1 aromatic heterocycles. The molecule has 6 nitrogen and oxygen atoms in total. The second-order valence-corrected chi connectivity index (χ2v) is 5.28. The Hall–Kier alpha value is -1.69. The van der Waals surface area contributed by atoms with E-state index in [9.17, 15) is 10.1 Å². The molecule has 0 amide bonds. The Balaban J connectivity index is 2.27. The van der Waals surface area contributed by atoms with Crippen molar-refractivity contribution >= 4 is 11.5 Å². The standard InChI is InChI=1S/C13H20N4O2/c1-10-7-12(17(18)19)13(14-8-10)16(3)11-5-4-6-15(2)9-11/h7-8,11H,4-6,9H2,1-3H3/t11-/m1/s1. The molecule has 0 spiro atoms. The molecule has 0 aliphatic carbocycles. The Bertz CT molecular complexity index is 478. The molecule has 1 saturated heterocycles. The van der Waals surface area contributed by atoms with E-state index in [0.29, 0.717) is 5.82 Å². The Morgan fingerprint density at radius 2 is 2.32 bits per heavy atom. The molecule has 104 valence electrons. The topological polar surface area (TPSA) is 62.5 Å². The van der Waals surface area contributed by atoms with Gasteiger partial charge in [0.05, 0.1) is 4.92 Å². The quantitative estimate of drug-likeness (QED) is 0.615. The maximum absolute atomic E-state index is 11.2. The van der Waals surface area contributed by atoms with E-state index in [4.69, 9.17) is 0 Å². The minimum atomic E-state index is -0.349. The zero-order chi connectivity index (χ0) is 14.0. The van der Waals surface area contributed by atoms with Crippen molar-refractivity contribution in [1.29, 1.82) is 0 Å². The minimum Gasteiger partial charge on any atom is -0.350 e. The van der Waals surface area contributed by atoms with Crippen molar-refractivity contribution in [3.63, 3.8) is 0 Å². The molecule has 1 aliphatic heterocycles. The van der Waals surface area contributed by atoms with Crippen LogP contribution in [0.3, 0.4) is 0 Å². The summed E-state index contributed by atoms with van der Waals surface area (Å²) >= 11 is 0. The highest BCUT2D eigenvalue weighted by atomic mass is 16.6. The lowest BCUT2D eigenvalue weighted by atomic mass is 10.0. The summed E-state index contributed by atoms with van der Waals surface area (Å²) in [4.78, 5) is 19.3. The maximum atomic E-state index is 11.2. The number of pyridine rings is 1. The Morgan fingerprint density at radius 1 is 1.58 bits per heavy atom. The van der Waals surface area contributed by atoms with Gasteiger partial charge in [0.1, 0.15) is 0 Å². The van der Waals surface area contributed by atoms with Gasteiger partial charge in [0.15, 0.2) is 0 Å². The molecular weight excluding hydrogens is 244 g/mol. The average Bonchev–Trinajstić information content (AvgIpc) is 2.37. The van der Waals surface area contributed by atoms with Gasteiger partial charge < -0.3 is 9.80 Å². The molecule has 2 rings (SSSR count). The molecule has 0 aromatic carbocycles. The molecule has 19 heavy (non-hydrogen) atoms. The van der Waals surface area contributed by atoms with Gasteiger partial charge in [0, 0.05) is 31.9 Å². The first-order chi connectivity index (χ1) is 8.99. The predicted octanol–water partition coefficient (Wildman–Crippen LogP) is 1.83. The van der Waals surface area contributed by atoms with Crippen LogP contribution in [-0.4, -0.2) is 48.0 Å². The Labute approximate surface area is 113 Å². The number of aromatic nitrogens is 1. The van der Waals surface area contributed by atoms with Gasteiger partial charge in [-0.2, -0.15) is 0 Å². The van der Waals surface area contributed by atoms with Gasteiger partial charge in [-0.05, 0) is 38.9 Å². The molecule has 1 fully saturated rings. The number of hydrogen-bond acceptors (Lipinski definition) is 5. The summed E-state index contributed by atoms with van der Waals surface area (Å²) in [6.45, 7) is 3.83. The van der Waals surface area contributed by atoms with Crippen molar-refractivity contribution in [3.05, 3.63) is 27.9 Å². The SMILES string of the molecule is Cc1cnc(N(C)[C@@H]2CCCN(C)C2)c([N+](=O)[O-])c1. The van der Waals surface area contributed by atoms with Crippen LogP contribution in [0.4, 0.5) is 11.5 Å². The second-order valence-electron chi connectivity index (χ2n) is 5.28. The van der Waals surface area contributed by atoms with Crippen LogP contribution < -0.4 is 4.90 Å². The molecular formula is C13H20N4O2. The fourth-order valence-electron chi connectivity index (χ4n) is 2.58. The fourth-order valence-corrected chi connectivity index (χ4v) is 2.58. The number of anilines is 1. The molecule has 1 aliphatic rings. The summed E-state index contributed by atoms with van der Waals surface area (Å²) in [5.74, 6) is 0.468. The van der Waals surface area contributed by atoms with Crippen LogP contribution >= 0.6 is 0 Å². The van der Waals surface area contributed by atoms with E-state index >= 15 is 0 Å². The highest BCUT2D eigenvalue weighted by Crippen LogP contribution is 2.28. The first-order valence-electron chi connectivity index (χ1n) is 6.51. The Morgan fingerprint density at radius 3 is 2.95 bits per heavy atom. The van der Waals surface area contributed by atoms with Gasteiger partial charge in [-0.15, -0.1) is 0 Å². The third-order valence-electron chi connectivity index (χ3n) is 3.66. The number of hydrogen-bond donors (Lipinski definition) is 0. The summed E-state index contributed by atoms with van der Waals surface area (Å²) in [5, 5.41) is 11.2. The minimum absolute atomic E-state index is 0.0933. The predicted molar refractivity (Wildman–Crippen MR) is 74.6 cm³/mol. The summed E-state index contributed by atoms with van der Waals surface area (Å²) in [6.07, 6.45) is 3.85. The van der Waals surface area contributed by atoms with E-state index < -0.39 is 0 Å². The fraction of sp³-hybridized carbons (Fsp3) is 0.615. The Kier molecular flexibility index (Phi) is 3.99. The number of likely N-dealkylation sites (N-methyl/N-ethyl adjacent to an activating group) is 2. The number of nitro groups is 1. The van der Waals surface area contributed by atoms with Crippen LogP contribution in [0.15, 0.2) is 12.3 Å². The van der Waals surface area contributed by atoms with Gasteiger partial charge in [-0.1, -0.05) is 0 Å². The number of nitrogens with zero attached hydrogens (tertiary/aromatic N) is 4. The number of piperidine rings is 1. The van der Waals surface area contributed by atoms with E-state index in [1.54, 1.807) is 12.3 Å². The zero-order valence-electron chi connectivity index (χ0n) is 11.7. The molecule has 6 heteroatoms. The van der Waals surface area contributed by atoms with Crippen molar-refractivity contribution in [2.24, 2.45) is 0 Å². The summed E-state index contributed by atoms with van der Waals surface area (Å²) in [6, 6.07) is 1.87. The van der Waals surface area contributed by atoms with Crippen LogP contribution in [0.2, 0.25) is 0 Å². The smallest absolute Gasteiger partial charge is 0.311 e. The van der Waals surface area contributed by atoms with E-state index in [0.717, 1.165) is 31.5 Å². The molecule has 2 heterocycles. The van der Waals surface area contributed by atoms with E-state index in [1.165, 1.54) is 0 Å². The van der Waals surface area contributed by atoms with Crippen molar-refractivity contribution < 1.29 is 4.92 Å². The number of aryl methyl sites for hydroxylation is 1. The molecule has 0 radical (unpaired) electrons. The summed E-state index contributed by atoms with van der Waals surface area (Å²) in [5.41, 5.74) is 0.903.